The Morgan fingerprint density at radius 2 is 2.21 bits per heavy atom. The molecule has 102 valence electrons. The first-order chi connectivity index (χ1) is 9.07. The molecule has 0 saturated heterocycles. The van der Waals surface area contributed by atoms with Crippen molar-refractivity contribution in [2.45, 2.75) is 45.1 Å². The summed E-state index contributed by atoms with van der Waals surface area (Å²) in [4.78, 5) is 4.39. The van der Waals surface area contributed by atoms with E-state index >= 15 is 0 Å². The normalized spacial score (nSPS) is 27.6. The van der Waals surface area contributed by atoms with Crippen molar-refractivity contribution in [2.24, 2.45) is 11.7 Å². The van der Waals surface area contributed by atoms with Crippen LogP contribution in [0.5, 0.6) is 0 Å². The van der Waals surface area contributed by atoms with Crippen molar-refractivity contribution in [1.82, 2.24) is 15.3 Å². The monoisotopic (exact) mass is 262 g/mol. The van der Waals surface area contributed by atoms with E-state index < -0.39 is 5.54 Å². The van der Waals surface area contributed by atoms with E-state index in [1.54, 1.807) is 6.07 Å². The molecule has 1 aliphatic carbocycles. The third-order valence-corrected chi connectivity index (χ3v) is 3.74. The summed E-state index contributed by atoms with van der Waals surface area (Å²) in [5.41, 5.74) is 6.74. The van der Waals surface area contributed by atoms with E-state index in [-0.39, 0.29) is 0 Å². The third-order valence-electron chi connectivity index (χ3n) is 3.74. The first kappa shape index (κ1) is 12.3. The summed E-state index contributed by atoms with van der Waals surface area (Å²) in [7, 11) is 0. The van der Waals surface area contributed by atoms with Crippen LogP contribution in [0.4, 0.5) is 0 Å². The van der Waals surface area contributed by atoms with Crippen LogP contribution in [-0.2, 0) is 5.54 Å². The van der Waals surface area contributed by atoms with Crippen molar-refractivity contribution in [3.63, 3.8) is 0 Å². The largest absolute Gasteiger partial charge is 0.351 e. The van der Waals surface area contributed by atoms with Gasteiger partial charge in [-0.1, -0.05) is 30.1 Å². The Labute approximate surface area is 111 Å². The highest BCUT2D eigenvalue weighted by molar-refractivity contribution is 5.43. The van der Waals surface area contributed by atoms with Gasteiger partial charge in [-0.25, -0.2) is 0 Å². The van der Waals surface area contributed by atoms with E-state index in [1.165, 1.54) is 6.42 Å². The van der Waals surface area contributed by atoms with Crippen LogP contribution in [0.3, 0.4) is 0 Å². The zero-order valence-electron chi connectivity index (χ0n) is 11.2. The van der Waals surface area contributed by atoms with E-state index in [9.17, 15) is 0 Å². The van der Waals surface area contributed by atoms with Crippen molar-refractivity contribution >= 4 is 0 Å². The van der Waals surface area contributed by atoms with Crippen LogP contribution in [0.25, 0.3) is 11.7 Å². The zero-order chi connectivity index (χ0) is 13.5. The standard InChI is InChI=1S/C13H18N4O2/c1-8-4-3-5-13(14,7-8)12-15-11(19-17-12)10-6-9(2)16-18-10/h6,8H,3-5,7,14H2,1-2H3. The maximum Gasteiger partial charge on any atom is 0.296 e. The number of rotatable bonds is 2. The van der Waals surface area contributed by atoms with E-state index in [0.29, 0.717) is 23.4 Å². The smallest absolute Gasteiger partial charge is 0.296 e. The molecule has 2 aromatic heterocycles. The van der Waals surface area contributed by atoms with E-state index in [0.717, 1.165) is 25.0 Å². The second kappa shape index (κ2) is 4.45. The maximum atomic E-state index is 6.44. The Hall–Kier alpha value is -1.69. The van der Waals surface area contributed by atoms with Crippen molar-refractivity contribution in [2.75, 3.05) is 0 Å². The average molecular weight is 262 g/mol. The van der Waals surface area contributed by atoms with Crippen LogP contribution in [0.1, 0.15) is 44.1 Å². The van der Waals surface area contributed by atoms with E-state index in [2.05, 4.69) is 22.2 Å². The molecule has 2 atom stereocenters. The highest BCUT2D eigenvalue weighted by Crippen LogP contribution is 2.37. The maximum absolute atomic E-state index is 6.44. The molecule has 0 aromatic carbocycles. The molecule has 1 saturated carbocycles. The van der Waals surface area contributed by atoms with Gasteiger partial charge in [-0.2, -0.15) is 4.98 Å². The molecule has 2 N–H and O–H groups in total. The van der Waals surface area contributed by atoms with Gasteiger partial charge in [-0.3, -0.25) is 0 Å². The molecular weight excluding hydrogens is 244 g/mol. The SMILES string of the molecule is Cc1cc(-c2nc(C3(N)CCCC(C)C3)no2)on1. The minimum atomic E-state index is -0.478. The Morgan fingerprint density at radius 1 is 1.37 bits per heavy atom. The van der Waals surface area contributed by atoms with Gasteiger partial charge in [0.15, 0.2) is 5.82 Å². The quantitative estimate of drug-likeness (QED) is 0.893. The van der Waals surface area contributed by atoms with Crippen LogP contribution in [0.2, 0.25) is 0 Å². The summed E-state index contributed by atoms with van der Waals surface area (Å²) < 4.78 is 10.4. The predicted molar refractivity (Wildman–Crippen MR) is 68.0 cm³/mol. The second-order valence-electron chi connectivity index (χ2n) is 5.61. The molecule has 0 radical (unpaired) electrons. The van der Waals surface area contributed by atoms with Crippen molar-refractivity contribution in [3.05, 3.63) is 17.6 Å². The minimum absolute atomic E-state index is 0.346. The van der Waals surface area contributed by atoms with Crippen LogP contribution in [0.15, 0.2) is 15.1 Å². The topological polar surface area (TPSA) is 91.0 Å². The Balaban J connectivity index is 1.88. The van der Waals surface area contributed by atoms with Crippen LogP contribution < -0.4 is 5.73 Å². The fraction of sp³-hybridized carbons (Fsp3) is 0.615. The molecule has 19 heavy (non-hydrogen) atoms. The number of hydrogen-bond donors (Lipinski definition) is 1. The molecule has 6 heteroatoms. The molecule has 0 bridgehead atoms. The fourth-order valence-corrected chi connectivity index (χ4v) is 2.79. The van der Waals surface area contributed by atoms with Crippen molar-refractivity contribution in [3.8, 4) is 11.7 Å². The van der Waals surface area contributed by atoms with Gasteiger partial charge >= 0.3 is 0 Å². The van der Waals surface area contributed by atoms with Gasteiger partial charge in [-0.05, 0) is 25.7 Å². The summed E-state index contributed by atoms with van der Waals surface area (Å²) >= 11 is 0. The van der Waals surface area contributed by atoms with Crippen LogP contribution in [0, 0.1) is 12.8 Å². The van der Waals surface area contributed by atoms with Gasteiger partial charge < -0.3 is 14.8 Å². The lowest BCUT2D eigenvalue weighted by atomic mass is 9.76. The van der Waals surface area contributed by atoms with Gasteiger partial charge in [-0.15, -0.1) is 0 Å². The molecule has 0 spiro atoms. The van der Waals surface area contributed by atoms with Gasteiger partial charge in [0.2, 0.25) is 5.76 Å². The zero-order valence-corrected chi connectivity index (χ0v) is 11.2. The first-order valence-electron chi connectivity index (χ1n) is 6.63. The van der Waals surface area contributed by atoms with E-state index in [4.69, 9.17) is 14.8 Å². The summed E-state index contributed by atoms with van der Waals surface area (Å²) in [6.07, 6.45) is 4.10. The molecule has 3 rings (SSSR count). The Morgan fingerprint density at radius 3 is 2.89 bits per heavy atom. The molecule has 2 aromatic rings. The fourth-order valence-electron chi connectivity index (χ4n) is 2.79. The third kappa shape index (κ3) is 2.28. The van der Waals surface area contributed by atoms with Crippen LogP contribution >= 0.6 is 0 Å². The number of aromatic nitrogens is 3. The predicted octanol–water partition coefficient (Wildman–Crippen LogP) is 2.40. The van der Waals surface area contributed by atoms with Gasteiger partial charge in [0.1, 0.15) is 0 Å². The number of hydrogen-bond acceptors (Lipinski definition) is 6. The van der Waals surface area contributed by atoms with Crippen LogP contribution in [-0.4, -0.2) is 15.3 Å². The second-order valence-corrected chi connectivity index (χ2v) is 5.61. The van der Waals surface area contributed by atoms with Gasteiger partial charge in [0, 0.05) is 6.07 Å². The Bertz CT molecular complexity index is 577. The molecule has 0 amide bonds. The molecule has 6 nitrogen and oxygen atoms in total. The lowest BCUT2D eigenvalue weighted by molar-refractivity contribution is 0.222. The van der Waals surface area contributed by atoms with Crippen molar-refractivity contribution < 1.29 is 9.05 Å². The number of nitrogens with zero attached hydrogens (tertiary/aromatic N) is 3. The van der Waals surface area contributed by atoms with Gasteiger partial charge in [0.25, 0.3) is 5.89 Å². The molecule has 2 heterocycles. The highest BCUT2D eigenvalue weighted by Gasteiger charge is 2.37. The molecule has 1 aliphatic rings. The molecular formula is C13H18N4O2. The molecule has 1 fully saturated rings. The van der Waals surface area contributed by atoms with E-state index in [1.807, 2.05) is 6.92 Å². The number of nitrogens with two attached hydrogens (primary N) is 1. The number of aryl methyl sites for hydroxylation is 1. The molecule has 0 aliphatic heterocycles. The van der Waals surface area contributed by atoms with Crippen molar-refractivity contribution in [1.29, 1.82) is 0 Å². The van der Waals surface area contributed by atoms with Gasteiger partial charge in [0.05, 0.1) is 11.2 Å². The lowest BCUT2D eigenvalue weighted by Crippen LogP contribution is -2.42. The summed E-state index contributed by atoms with van der Waals surface area (Å²) in [6.45, 7) is 4.05. The summed E-state index contributed by atoms with van der Waals surface area (Å²) in [5, 5.41) is 7.84. The summed E-state index contributed by atoms with van der Waals surface area (Å²) in [5.74, 6) is 2.00. The summed E-state index contributed by atoms with van der Waals surface area (Å²) in [6, 6.07) is 1.77. The lowest BCUT2D eigenvalue weighted by Gasteiger charge is -2.33. The Kier molecular flexibility index (Phi) is 2.89. The first-order valence-corrected chi connectivity index (χ1v) is 6.63. The highest BCUT2D eigenvalue weighted by atomic mass is 16.5. The molecule has 2 unspecified atom stereocenters. The average Bonchev–Trinajstić information content (AvgIpc) is 2.96. The minimum Gasteiger partial charge on any atom is -0.351 e.